The van der Waals surface area contributed by atoms with Crippen molar-refractivity contribution in [1.82, 2.24) is 0 Å². The van der Waals surface area contributed by atoms with Crippen molar-refractivity contribution in [2.24, 2.45) is 0 Å². The Morgan fingerprint density at radius 3 is 2.85 bits per heavy atom. The highest BCUT2D eigenvalue weighted by molar-refractivity contribution is 6.30. The van der Waals surface area contributed by atoms with Gasteiger partial charge in [0.1, 0.15) is 5.75 Å². The molecule has 1 rings (SSSR count). The highest BCUT2D eigenvalue weighted by Gasteiger charge is 1.93. The van der Waals surface area contributed by atoms with Crippen LogP contribution in [0.3, 0.4) is 0 Å². The average Bonchev–Trinajstić information content (AvgIpc) is 2.13. The summed E-state index contributed by atoms with van der Waals surface area (Å²) >= 11 is 5.78. The molecule has 0 N–H and O–H groups in total. The average molecular weight is 201 g/mol. The van der Waals surface area contributed by atoms with E-state index in [4.69, 9.17) is 21.1 Å². The predicted octanol–water partition coefficient (Wildman–Crippen LogP) is 2.76. The molecule has 0 aliphatic heterocycles. The molecule has 0 fully saturated rings. The molecule has 0 aromatic heterocycles. The minimum absolute atomic E-state index is 0.661. The Morgan fingerprint density at radius 1 is 1.31 bits per heavy atom. The summed E-state index contributed by atoms with van der Waals surface area (Å²) in [6, 6.07) is 7.38. The molecule has 13 heavy (non-hydrogen) atoms. The fourth-order valence-electron chi connectivity index (χ4n) is 0.950. The first-order valence-corrected chi connectivity index (χ1v) is 4.58. The van der Waals surface area contributed by atoms with E-state index in [-0.39, 0.29) is 0 Å². The van der Waals surface area contributed by atoms with E-state index in [1.54, 1.807) is 13.2 Å². The molecule has 1 aromatic rings. The second-order valence-corrected chi connectivity index (χ2v) is 3.09. The summed E-state index contributed by atoms with van der Waals surface area (Å²) in [5.74, 6) is 0.809. The van der Waals surface area contributed by atoms with Crippen molar-refractivity contribution in [3.05, 3.63) is 29.3 Å². The summed E-state index contributed by atoms with van der Waals surface area (Å²) in [6.07, 6.45) is 0.892. The van der Waals surface area contributed by atoms with Crippen LogP contribution in [0.1, 0.15) is 6.42 Å². The van der Waals surface area contributed by atoms with Gasteiger partial charge in [-0.3, -0.25) is 0 Å². The number of hydrogen-bond donors (Lipinski definition) is 0. The molecular formula is C10H13ClO2. The minimum atomic E-state index is 0.661. The second kappa shape index (κ2) is 5.84. The van der Waals surface area contributed by atoms with Gasteiger partial charge in [-0.15, -0.1) is 0 Å². The first kappa shape index (κ1) is 10.4. The molecule has 0 aliphatic carbocycles. The van der Waals surface area contributed by atoms with Crippen molar-refractivity contribution in [3.63, 3.8) is 0 Å². The maximum Gasteiger partial charge on any atom is 0.120 e. The number of ether oxygens (including phenoxy) is 2. The fourth-order valence-corrected chi connectivity index (χ4v) is 1.13. The topological polar surface area (TPSA) is 18.5 Å². The SMILES string of the molecule is COCCCOc1cccc(Cl)c1. The van der Waals surface area contributed by atoms with E-state index in [2.05, 4.69) is 0 Å². The molecule has 72 valence electrons. The third-order valence-corrected chi connectivity index (χ3v) is 1.79. The van der Waals surface area contributed by atoms with Crippen LogP contribution in [-0.2, 0) is 4.74 Å². The van der Waals surface area contributed by atoms with Crippen molar-refractivity contribution in [1.29, 1.82) is 0 Å². The number of halogens is 1. The summed E-state index contributed by atoms with van der Waals surface area (Å²) in [7, 11) is 1.68. The van der Waals surface area contributed by atoms with Crippen LogP contribution in [0.4, 0.5) is 0 Å². The molecule has 0 unspecified atom stereocenters. The van der Waals surface area contributed by atoms with Crippen molar-refractivity contribution in [2.45, 2.75) is 6.42 Å². The van der Waals surface area contributed by atoms with Crippen LogP contribution in [0, 0.1) is 0 Å². The fraction of sp³-hybridized carbons (Fsp3) is 0.400. The zero-order chi connectivity index (χ0) is 9.52. The number of benzene rings is 1. The lowest BCUT2D eigenvalue weighted by Crippen LogP contribution is -2.00. The Balaban J connectivity index is 2.28. The van der Waals surface area contributed by atoms with Gasteiger partial charge >= 0.3 is 0 Å². The predicted molar refractivity (Wildman–Crippen MR) is 53.4 cm³/mol. The summed E-state index contributed by atoms with van der Waals surface area (Å²) in [6.45, 7) is 1.38. The van der Waals surface area contributed by atoms with E-state index in [1.165, 1.54) is 0 Å². The largest absolute Gasteiger partial charge is 0.493 e. The normalized spacial score (nSPS) is 10.0. The summed E-state index contributed by atoms with van der Waals surface area (Å²) in [5.41, 5.74) is 0. The number of methoxy groups -OCH3 is 1. The molecule has 1 aromatic carbocycles. The van der Waals surface area contributed by atoms with Crippen LogP contribution in [0.25, 0.3) is 0 Å². The van der Waals surface area contributed by atoms with Gasteiger partial charge in [-0.05, 0) is 18.2 Å². The van der Waals surface area contributed by atoms with Crippen molar-refractivity contribution >= 4 is 11.6 Å². The van der Waals surface area contributed by atoms with Crippen LogP contribution < -0.4 is 4.74 Å². The Labute approximate surface area is 83.4 Å². The van der Waals surface area contributed by atoms with Gasteiger partial charge in [0, 0.05) is 25.2 Å². The van der Waals surface area contributed by atoms with E-state index >= 15 is 0 Å². The van der Waals surface area contributed by atoms with Gasteiger partial charge in [-0.2, -0.15) is 0 Å². The van der Waals surface area contributed by atoms with E-state index < -0.39 is 0 Å². The Kier molecular flexibility index (Phi) is 4.65. The maximum atomic E-state index is 5.78. The highest BCUT2D eigenvalue weighted by atomic mass is 35.5. The quantitative estimate of drug-likeness (QED) is 0.681. The van der Waals surface area contributed by atoms with Crippen LogP contribution in [0.2, 0.25) is 5.02 Å². The number of hydrogen-bond acceptors (Lipinski definition) is 2. The zero-order valence-electron chi connectivity index (χ0n) is 7.63. The molecule has 0 atom stereocenters. The molecule has 0 amide bonds. The second-order valence-electron chi connectivity index (χ2n) is 2.65. The lowest BCUT2D eigenvalue weighted by atomic mass is 10.3. The summed E-state index contributed by atoms with van der Waals surface area (Å²) in [5, 5.41) is 0.698. The standard InChI is InChI=1S/C10H13ClO2/c1-12-6-3-7-13-10-5-2-4-9(11)8-10/h2,4-5,8H,3,6-7H2,1H3. The molecule has 0 aliphatic rings. The first-order valence-electron chi connectivity index (χ1n) is 4.20. The Hall–Kier alpha value is -0.730. The monoisotopic (exact) mass is 200 g/mol. The number of rotatable bonds is 5. The van der Waals surface area contributed by atoms with Crippen LogP contribution in [0.15, 0.2) is 24.3 Å². The van der Waals surface area contributed by atoms with Crippen molar-refractivity contribution in [2.75, 3.05) is 20.3 Å². The van der Waals surface area contributed by atoms with Crippen LogP contribution >= 0.6 is 11.6 Å². The third-order valence-electron chi connectivity index (χ3n) is 1.56. The van der Waals surface area contributed by atoms with Crippen molar-refractivity contribution < 1.29 is 9.47 Å². The zero-order valence-corrected chi connectivity index (χ0v) is 8.38. The van der Waals surface area contributed by atoms with Gasteiger partial charge < -0.3 is 9.47 Å². The molecule has 0 spiro atoms. The molecule has 0 saturated carbocycles. The maximum absolute atomic E-state index is 5.78. The van der Waals surface area contributed by atoms with Crippen LogP contribution in [0.5, 0.6) is 5.75 Å². The smallest absolute Gasteiger partial charge is 0.120 e. The van der Waals surface area contributed by atoms with E-state index in [0.717, 1.165) is 18.8 Å². The van der Waals surface area contributed by atoms with Gasteiger partial charge in [-0.25, -0.2) is 0 Å². The van der Waals surface area contributed by atoms with Gasteiger partial charge in [0.2, 0.25) is 0 Å². The lowest BCUT2D eigenvalue weighted by Gasteiger charge is -2.05. The van der Waals surface area contributed by atoms with E-state index in [0.29, 0.717) is 11.6 Å². The molecule has 0 bridgehead atoms. The van der Waals surface area contributed by atoms with Crippen LogP contribution in [-0.4, -0.2) is 20.3 Å². The third kappa shape index (κ3) is 4.15. The van der Waals surface area contributed by atoms with Gasteiger partial charge in [-0.1, -0.05) is 17.7 Å². The van der Waals surface area contributed by atoms with Gasteiger partial charge in [0.25, 0.3) is 0 Å². The minimum Gasteiger partial charge on any atom is -0.493 e. The molecular weight excluding hydrogens is 188 g/mol. The van der Waals surface area contributed by atoms with Crippen molar-refractivity contribution in [3.8, 4) is 5.75 Å². The Morgan fingerprint density at radius 2 is 2.15 bits per heavy atom. The molecule has 3 heteroatoms. The first-order chi connectivity index (χ1) is 6.33. The Bertz CT molecular complexity index is 250. The van der Waals surface area contributed by atoms with E-state index in [9.17, 15) is 0 Å². The molecule has 0 radical (unpaired) electrons. The van der Waals surface area contributed by atoms with Gasteiger partial charge in [0.05, 0.1) is 6.61 Å². The van der Waals surface area contributed by atoms with E-state index in [1.807, 2.05) is 18.2 Å². The molecule has 2 nitrogen and oxygen atoms in total. The van der Waals surface area contributed by atoms with Gasteiger partial charge in [0.15, 0.2) is 0 Å². The lowest BCUT2D eigenvalue weighted by molar-refractivity contribution is 0.172. The molecule has 0 saturated heterocycles. The summed E-state index contributed by atoms with van der Waals surface area (Å²) in [4.78, 5) is 0. The summed E-state index contributed by atoms with van der Waals surface area (Å²) < 4.78 is 10.3. The highest BCUT2D eigenvalue weighted by Crippen LogP contribution is 2.16. The molecule has 0 heterocycles.